The molecule has 1 aliphatic heterocycles. The van der Waals surface area contributed by atoms with Gasteiger partial charge < -0.3 is 20.2 Å². The van der Waals surface area contributed by atoms with Crippen molar-refractivity contribution in [2.75, 3.05) is 6.61 Å². The van der Waals surface area contributed by atoms with E-state index in [1.165, 1.54) is 0 Å². The quantitative estimate of drug-likeness (QED) is 0.902. The van der Waals surface area contributed by atoms with Crippen LogP contribution >= 0.6 is 0 Å². The third-order valence-electron chi connectivity index (χ3n) is 3.88. The maximum absolute atomic E-state index is 12.6. The van der Waals surface area contributed by atoms with Crippen molar-refractivity contribution < 1.29 is 9.47 Å². The number of nitrogens with one attached hydrogen (secondary N) is 1. The summed E-state index contributed by atoms with van der Waals surface area (Å²) in [6.45, 7) is 4.10. The number of fused-ring (bicyclic) bond motifs is 1. The van der Waals surface area contributed by atoms with Crippen molar-refractivity contribution in [2.24, 2.45) is 5.73 Å². The van der Waals surface area contributed by atoms with Crippen molar-refractivity contribution in [3.8, 4) is 17.6 Å². The van der Waals surface area contributed by atoms with E-state index in [-0.39, 0.29) is 17.0 Å². The number of aromatic amines is 1. The van der Waals surface area contributed by atoms with Gasteiger partial charge in [-0.2, -0.15) is 5.26 Å². The molecule has 2 aromatic rings. The molecule has 24 heavy (non-hydrogen) atoms. The Kier molecular flexibility index (Phi) is 4.00. The Morgan fingerprint density at radius 3 is 2.88 bits per heavy atom. The number of nitrogens with zero attached hydrogens (tertiary/aromatic N) is 1. The molecule has 0 saturated heterocycles. The zero-order valence-corrected chi connectivity index (χ0v) is 13.4. The first-order valence-electron chi connectivity index (χ1n) is 7.60. The Labute approximate surface area is 139 Å². The number of aryl methyl sites for hydroxylation is 1. The van der Waals surface area contributed by atoms with Gasteiger partial charge in [-0.05, 0) is 19.9 Å². The molecule has 6 nitrogen and oxygen atoms in total. The summed E-state index contributed by atoms with van der Waals surface area (Å²) in [6.07, 6.45) is 0. The number of hydrogen-bond donors (Lipinski definition) is 2. The average Bonchev–Trinajstić information content (AvgIpc) is 2.54. The molecule has 0 spiro atoms. The lowest BCUT2D eigenvalue weighted by Crippen LogP contribution is -2.28. The first-order chi connectivity index (χ1) is 11.6. The van der Waals surface area contributed by atoms with E-state index < -0.39 is 5.92 Å². The summed E-state index contributed by atoms with van der Waals surface area (Å²) in [6, 6.07) is 11.1. The van der Waals surface area contributed by atoms with Gasteiger partial charge in [0.1, 0.15) is 23.1 Å². The van der Waals surface area contributed by atoms with Crippen LogP contribution < -0.4 is 20.8 Å². The fraction of sp³-hybridized carbons (Fsp3) is 0.222. The van der Waals surface area contributed by atoms with Gasteiger partial charge in [0.05, 0.1) is 18.1 Å². The van der Waals surface area contributed by atoms with Gasteiger partial charge in [-0.25, -0.2) is 0 Å². The number of nitrogens with two attached hydrogens (primary N) is 1. The zero-order chi connectivity index (χ0) is 17.3. The molecule has 0 aliphatic carbocycles. The van der Waals surface area contributed by atoms with Crippen molar-refractivity contribution >= 4 is 0 Å². The highest BCUT2D eigenvalue weighted by atomic mass is 16.5. The Hall–Kier alpha value is -3.20. The van der Waals surface area contributed by atoms with E-state index in [4.69, 9.17) is 15.2 Å². The second kappa shape index (κ2) is 6.13. The summed E-state index contributed by atoms with van der Waals surface area (Å²) in [4.78, 5) is 15.3. The van der Waals surface area contributed by atoms with Crippen LogP contribution in [0.25, 0.3) is 0 Å². The Morgan fingerprint density at radius 2 is 2.17 bits per heavy atom. The van der Waals surface area contributed by atoms with Gasteiger partial charge in [0.15, 0.2) is 0 Å². The van der Waals surface area contributed by atoms with Crippen LogP contribution in [0.1, 0.15) is 29.7 Å². The van der Waals surface area contributed by atoms with Gasteiger partial charge in [0.25, 0.3) is 5.56 Å². The summed E-state index contributed by atoms with van der Waals surface area (Å²) in [5.74, 6) is 0.347. The molecule has 1 aliphatic rings. The maximum atomic E-state index is 12.6. The van der Waals surface area contributed by atoms with E-state index >= 15 is 0 Å². The minimum atomic E-state index is -0.633. The molecular weight excluding hydrogens is 306 g/mol. The minimum Gasteiger partial charge on any atom is -0.494 e. The van der Waals surface area contributed by atoms with Crippen LogP contribution in [0.5, 0.6) is 11.5 Å². The van der Waals surface area contributed by atoms with Crippen LogP contribution in [-0.4, -0.2) is 11.6 Å². The molecule has 3 rings (SSSR count). The van der Waals surface area contributed by atoms with Gasteiger partial charge in [-0.3, -0.25) is 4.79 Å². The second-order valence-electron chi connectivity index (χ2n) is 5.46. The average molecular weight is 323 g/mol. The molecule has 1 atom stereocenters. The van der Waals surface area contributed by atoms with Crippen molar-refractivity contribution in [3.05, 3.63) is 69.0 Å². The largest absolute Gasteiger partial charge is 0.494 e. The lowest BCUT2D eigenvalue weighted by Gasteiger charge is -2.26. The predicted octanol–water partition coefficient (Wildman–Crippen LogP) is 2.30. The standard InChI is InChI=1S/C18H17N3O3/c1-3-23-13-7-5-4-6-11(13)15-12(9-19)17(20)24-14-8-10(2)21-18(22)16(14)15/h4-8,15H,3,20H2,1-2H3,(H,21,22). The number of benzene rings is 1. The maximum Gasteiger partial charge on any atom is 0.256 e. The minimum absolute atomic E-state index is 0.00583. The van der Waals surface area contributed by atoms with E-state index in [1.807, 2.05) is 31.2 Å². The number of rotatable bonds is 3. The van der Waals surface area contributed by atoms with Crippen LogP contribution in [-0.2, 0) is 0 Å². The number of nitriles is 1. The number of aromatic nitrogens is 1. The first kappa shape index (κ1) is 15.7. The summed E-state index contributed by atoms with van der Waals surface area (Å²) >= 11 is 0. The van der Waals surface area contributed by atoms with Crippen molar-refractivity contribution in [3.63, 3.8) is 0 Å². The first-order valence-corrected chi connectivity index (χ1v) is 7.60. The Morgan fingerprint density at radius 1 is 1.42 bits per heavy atom. The molecule has 0 bridgehead atoms. The zero-order valence-electron chi connectivity index (χ0n) is 13.4. The van der Waals surface area contributed by atoms with Gasteiger partial charge in [-0.15, -0.1) is 0 Å². The highest BCUT2D eigenvalue weighted by Gasteiger charge is 2.34. The van der Waals surface area contributed by atoms with E-state index in [0.29, 0.717) is 34.9 Å². The Balaban J connectivity index is 2.31. The molecule has 0 fully saturated rings. The van der Waals surface area contributed by atoms with Crippen LogP contribution in [0.15, 0.2) is 46.6 Å². The number of para-hydroxylation sites is 1. The van der Waals surface area contributed by atoms with Crippen LogP contribution in [0.2, 0.25) is 0 Å². The van der Waals surface area contributed by atoms with Crippen molar-refractivity contribution in [1.82, 2.24) is 4.98 Å². The van der Waals surface area contributed by atoms with E-state index in [9.17, 15) is 10.1 Å². The molecule has 2 heterocycles. The smallest absolute Gasteiger partial charge is 0.256 e. The summed E-state index contributed by atoms with van der Waals surface area (Å²) < 4.78 is 11.2. The molecule has 3 N–H and O–H groups in total. The fourth-order valence-electron chi connectivity index (χ4n) is 2.92. The number of H-pyrrole nitrogens is 1. The van der Waals surface area contributed by atoms with Crippen LogP contribution in [0.3, 0.4) is 0 Å². The third-order valence-corrected chi connectivity index (χ3v) is 3.88. The number of allylic oxidation sites excluding steroid dienone is 1. The lowest BCUT2D eigenvalue weighted by atomic mass is 9.83. The van der Waals surface area contributed by atoms with Crippen molar-refractivity contribution in [2.45, 2.75) is 19.8 Å². The number of pyridine rings is 1. The van der Waals surface area contributed by atoms with E-state index in [2.05, 4.69) is 11.1 Å². The molecule has 1 aromatic carbocycles. The van der Waals surface area contributed by atoms with E-state index in [1.54, 1.807) is 13.0 Å². The second-order valence-corrected chi connectivity index (χ2v) is 5.46. The summed E-state index contributed by atoms with van der Waals surface area (Å²) in [5, 5.41) is 9.56. The lowest BCUT2D eigenvalue weighted by molar-refractivity contribution is 0.334. The van der Waals surface area contributed by atoms with Gasteiger partial charge in [0, 0.05) is 17.3 Å². The van der Waals surface area contributed by atoms with Crippen LogP contribution in [0.4, 0.5) is 0 Å². The van der Waals surface area contributed by atoms with Gasteiger partial charge >= 0.3 is 0 Å². The molecule has 0 saturated carbocycles. The molecule has 1 aromatic heterocycles. The van der Waals surface area contributed by atoms with Crippen LogP contribution in [0, 0.1) is 18.3 Å². The summed E-state index contributed by atoms with van der Waals surface area (Å²) in [7, 11) is 0. The molecule has 1 unspecified atom stereocenters. The number of hydrogen-bond acceptors (Lipinski definition) is 5. The fourth-order valence-corrected chi connectivity index (χ4v) is 2.92. The van der Waals surface area contributed by atoms with Gasteiger partial charge in [-0.1, -0.05) is 18.2 Å². The predicted molar refractivity (Wildman–Crippen MR) is 88.7 cm³/mol. The normalized spacial score (nSPS) is 16.1. The molecule has 0 radical (unpaired) electrons. The molecular formula is C18H17N3O3. The summed E-state index contributed by atoms with van der Waals surface area (Å²) in [5.41, 5.74) is 7.55. The monoisotopic (exact) mass is 323 g/mol. The van der Waals surface area contributed by atoms with E-state index in [0.717, 1.165) is 0 Å². The Bertz CT molecular complexity index is 922. The highest BCUT2D eigenvalue weighted by Crippen LogP contribution is 2.43. The molecule has 0 amide bonds. The third kappa shape index (κ3) is 2.50. The topological polar surface area (TPSA) is 101 Å². The molecule has 6 heteroatoms. The molecule has 122 valence electrons. The van der Waals surface area contributed by atoms with Crippen molar-refractivity contribution in [1.29, 1.82) is 5.26 Å². The number of ether oxygens (including phenoxy) is 2. The highest BCUT2D eigenvalue weighted by molar-refractivity contribution is 5.57. The van der Waals surface area contributed by atoms with Gasteiger partial charge in [0.2, 0.25) is 5.88 Å². The SMILES string of the molecule is CCOc1ccccc1C1C(C#N)=C(N)Oc2cc(C)[nH]c(=O)c21.